The molecule has 0 aromatic carbocycles. The fourth-order valence-corrected chi connectivity index (χ4v) is 1.57. The summed E-state index contributed by atoms with van der Waals surface area (Å²) in [6.07, 6.45) is 0. The molecule has 0 spiro atoms. The molecule has 0 radical (unpaired) electrons. The number of hydrogen-bond donors (Lipinski definition) is 0. The summed E-state index contributed by atoms with van der Waals surface area (Å²) in [5.74, 6) is 0.255. The van der Waals surface area contributed by atoms with Crippen molar-refractivity contribution in [1.29, 1.82) is 0 Å². The third-order valence-corrected chi connectivity index (χ3v) is 2.33. The number of carbonyl (C=O) groups is 1. The van der Waals surface area contributed by atoms with Gasteiger partial charge in [-0.3, -0.25) is 4.79 Å². The van der Waals surface area contributed by atoms with Crippen molar-refractivity contribution in [3.8, 4) is 16.9 Å². The Balaban J connectivity index is 2.50. The molecule has 3 heteroatoms. The van der Waals surface area contributed by atoms with Crippen LogP contribution < -0.4 is 4.74 Å². The third-order valence-electron chi connectivity index (χ3n) is 2.08. The average molecular weight is 221 g/mol. The van der Waals surface area contributed by atoms with Crippen LogP contribution in [0.2, 0.25) is 5.02 Å². The van der Waals surface area contributed by atoms with Crippen LogP contribution in [0.3, 0.4) is 0 Å². The number of rotatable bonds is 1. The second-order valence-electron chi connectivity index (χ2n) is 3.21. The van der Waals surface area contributed by atoms with Crippen LogP contribution in [-0.2, 0) is 4.79 Å². The standard InChI is InChI=1S/C12H9ClO2/c1-8(14)15-12-7-3-9-2-4-10(13)5-6-11(9)12/h2-7H,1H3. The lowest BCUT2D eigenvalue weighted by molar-refractivity contribution is -0.131. The molecule has 0 saturated heterocycles. The zero-order chi connectivity index (χ0) is 10.8. The van der Waals surface area contributed by atoms with Crippen molar-refractivity contribution in [2.24, 2.45) is 0 Å². The summed E-state index contributed by atoms with van der Waals surface area (Å²) in [6.45, 7) is 1.38. The number of carbonyl (C=O) groups excluding carboxylic acids is 1. The van der Waals surface area contributed by atoms with Gasteiger partial charge in [0.25, 0.3) is 0 Å². The molecule has 0 bridgehead atoms. The molecule has 2 nitrogen and oxygen atoms in total. The second kappa shape index (κ2) is 3.91. The molecule has 76 valence electrons. The molecule has 2 rings (SSSR count). The molecule has 15 heavy (non-hydrogen) atoms. The van der Waals surface area contributed by atoms with Crippen molar-refractivity contribution in [3.63, 3.8) is 0 Å². The zero-order valence-electron chi connectivity index (χ0n) is 8.16. The minimum absolute atomic E-state index is 0.319. The van der Waals surface area contributed by atoms with Gasteiger partial charge in [0.1, 0.15) is 5.75 Å². The lowest BCUT2D eigenvalue weighted by Gasteiger charge is -2.00. The highest BCUT2D eigenvalue weighted by molar-refractivity contribution is 6.30. The highest BCUT2D eigenvalue weighted by atomic mass is 35.5. The lowest BCUT2D eigenvalue weighted by Crippen LogP contribution is -2.00. The van der Waals surface area contributed by atoms with E-state index in [1.54, 1.807) is 18.2 Å². The Morgan fingerprint density at radius 2 is 1.80 bits per heavy atom. The first-order valence-electron chi connectivity index (χ1n) is 4.53. The van der Waals surface area contributed by atoms with E-state index in [1.165, 1.54) is 6.92 Å². The molecule has 0 aliphatic heterocycles. The summed E-state index contributed by atoms with van der Waals surface area (Å²) >= 11 is 5.86. The smallest absolute Gasteiger partial charge is 0.308 e. The Hall–Kier alpha value is -1.54. The van der Waals surface area contributed by atoms with Gasteiger partial charge in [-0.05, 0) is 29.8 Å². The van der Waals surface area contributed by atoms with Gasteiger partial charge >= 0.3 is 5.97 Å². The van der Waals surface area contributed by atoms with E-state index >= 15 is 0 Å². The summed E-state index contributed by atoms with van der Waals surface area (Å²) in [6, 6.07) is 11.0. The molecule has 0 saturated carbocycles. The fraction of sp³-hybridized carbons (Fsp3) is 0.0833. The lowest BCUT2D eigenvalue weighted by atomic mass is 10.2. The van der Waals surface area contributed by atoms with Crippen LogP contribution >= 0.6 is 11.6 Å². The van der Waals surface area contributed by atoms with Gasteiger partial charge in [-0.2, -0.15) is 0 Å². The SMILES string of the molecule is CC(=O)Oc1ccc2ccc(Cl)ccc1-2. The van der Waals surface area contributed by atoms with Crippen LogP contribution in [0.4, 0.5) is 0 Å². The minimum atomic E-state index is -0.319. The predicted molar refractivity (Wildman–Crippen MR) is 59.4 cm³/mol. The van der Waals surface area contributed by atoms with Gasteiger partial charge in [0.2, 0.25) is 0 Å². The van der Waals surface area contributed by atoms with E-state index < -0.39 is 0 Å². The number of ether oxygens (including phenoxy) is 1. The predicted octanol–water partition coefficient (Wildman–Crippen LogP) is 3.37. The van der Waals surface area contributed by atoms with Crippen molar-refractivity contribution >= 4 is 17.6 Å². The minimum Gasteiger partial charge on any atom is -0.426 e. The Morgan fingerprint density at radius 3 is 2.53 bits per heavy atom. The van der Waals surface area contributed by atoms with Crippen molar-refractivity contribution in [2.45, 2.75) is 6.92 Å². The molecule has 0 aromatic heterocycles. The topological polar surface area (TPSA) is 26.3 Å². The van der Waals surface area contributed by atoms with Crippen molar-refractivity contribution < 1.29 is 9.53 Å². The molecule has 2 aliphatic rings. The normalized spacial score (nSPS) is 10.3. The quantitative estimate of drug-likeness (QED) is 0.689. The maximum atomic E-state index is 10.9. The molecule has 0 fully saturated rings. The first kappa shape index (κ1) is 9.99. The van der Waals surface area contributed by atoms with E-state index in [4.69, 9.17) is 16.3 Å². The van der Waals surface area contributed by atoms with E-state index in [0.29, 0.717) is 10.8 Å². The molecule has 0 unspecified atom stereocenters. The first-order chi connectivity index (χ1) is 7.16. The van der Waals surface area contributed by atoms with Crippen molar-refractivity contribution in [2.75, 3.05) is 0 Å². The number of esters is 1. The third kappa shape index (κ3) is 2.10. The monoisotopic (exact) mass is 220 g/mol. The number of hydrogen-bond acceptors (Lipinski definition) is 2. The largest absolute Gasteiger partial charge is 0.426 e. The van der Waals surface area contributed by atoms with Gasteiger partial charge in [-0.25, -0.2) is 0 Å². The number of fused-ring (bicyclic) bond motifs is 1. The highest BCUT2D eigenvalue weighted by Gasteiger charge is 2.10. The second-order valence-corrected chi connectivity index (χ2v) is 3.65. The van der Waals surface area contributed by atoms with E-state index in [1.807, 2.05) is 18.2 Å². The Kier molecular flexibility index (Phi) is 2.60. The van der Waals surface area contributed by atoms with Gasteiger partial charge in [0, 0.05) is 17.5 Å². The Morgan fingerprint density at radius 1 is 1.13 bits per heavy atom. The van der Waals surface area contributed by atoms with Gasteiger partial charge < -0.3 is 4.74 Å². The maximum absolute atomic E-state index is 10.9. The van der Waals surface area contributed by atoms with Gasteiger partial charge in [-0.1, -0.05) is 23.7 Å². The van der Waals surface area contributed by atoms with E-state index in [9.17, 15) is 4.79 Å². The molecule has 0 heterocycles. The average Bonchev–Trinajstić information content (AvgIpc) is 2.43. The Bertz CT molecular complexity index is 479. The van der Waals surface area contributed by atoms with E-state index in [0.717, 1.165) is 11.1 Å². The summed E-state index contributed by atoms with van der Waals surface area (Å²) in [4.78, 5) is 10.9. The molecular weight excluding hydrogens is 212 g/mol. The van der Waals surface area contributed by atoms with Crippen LogP contribution in [0.1, 0.15) is 6.92 Å². The summed E-state index contributed by atoms with van der Waals surface area (Å²) < 4.78 is 5.07. The van der Waals surface area contributed by atoms with Crippen molar-refractivity contribution in [3.05, 3.63) is 41.4 Å². The number of halogens is 1. The molecule has 0 atom stereocenters. The van der Waals surface area contributed by atoms with Gasteiger partial charge in [-0.15, -0.1) is 0 Å². The highest BCUT2D eigenvalue weighted by Crippen LogP contribution is 2.34. The molecule has 2 aliphatic carbocycles. The zero-order valence-corrected chi connectivity index (χ0v) is 8.91. The van der Waals surface area contributed by atoms with Crippen LogP contribution in [0, 0.1) is 0 Å². The van der Waals surface area contributed by atoms with Gasteiger partial charge in [0.05, 0.1) is 0 Å². The molecular formula is C12H9ClO2. The fourth-order valence-electron chi connectivity index (χ4n) is 1.44. The maximum Gasteiger partial charge on any atom is 0.308 e. The van der Waals surface area contributed by atoms with E-state index in [-0.39, 0.29) is 5.97 Å². The van der Waals surface area contributed by atoms with E-state index in [2.05, 4.69) is 0 Å². The van der Waals surface area contributed by atoms with Crippen LogP contribution in [0.5, 0.6) is 5.75 Å². The van der Waals surface area contributed by atoms with Crippen LogP contribution in [-0.4, -0.2) is 5.97 Å². The molecule has 0 N–H and O–H groups in total. The summed E-state index contributed by atoms with van der Waals surface area (Å²) in [5.41, 5.74) is 1.88. The Labute approximate surface area is 92.8 Å². The molecule has 0 aromatic rings. The van der Waals surface area contributed by atoms with Crippen molar-refractivity contribution in [1.82, 2.24) is 0 Å². The summed E-state index contributed by atoms with van der Waals surface area (Å²) in [7, 11) is 0. The van der Waals surface area contributed by atoms with Gasteiger partial charge in [0.15, 0.2) is 0 Å². The van der Waals surface area contributed by atoms with Crippen LogP contribution in [0.25, 0.3) is 11.1 Å². The van der Waals surface area contributed by atoms with Crippen LogP contribution in [0.15, 0.2) is 36.4 Å². The summed E-state index contributed by atoms with van der Waals surface area (Å²) in [5, 5.41) is 0.653. The molecule has 0 amide bonds. The first-order valence-corrected chi connectivity index (χ1v) is 4.91.